The van der Waals surface area contributed by atoms with E-state index in [0.29, 0.717) is 6.42 Å². The van der Waals surface area contributed by atoms with Crippen molar-refractivity contribution in [3.8, 4) is 0 Å². The Kier molecular flexibility index (Phi) is 4.11. The number of nitrogens with two attached hydrogens (primary N) is 1. The number of rotatable bonds is 2. The molecule has 1 aliphatic rings. The lowest BCUT2D eigenvalue weighted by Gasteiger charge is -2.21. The molecule has 0 spiro atoms. The minimum atomic E-state index is -0.542. The van der Waals surface area contributed by atoms with Gasteiger partial charge in [0, 0.05) is 12.5 Å². The molecule has 4 nitrogen and oxygen atoms in total. The molecule has 0 saturated carbocycles. The van der Waals surface area contributed by atoms with Gasteiger partial charge in [-0.15, -0.1) is 0 Å². The van der Waals surface area contributed by atoms with Gasteiger partial charge in [-0.1, -0.05) is 12.1 Å². The molecule has 1 aromatic rings. The quantitative estimate of drug-likeness (QED) is 0.814. The van der Waals surface area contributed by atoms with Gasteiger partial charge < -0.3 is 10.5 Å². The number of hydrogen-bond acceptors (Lipinski definition) is 4. The Morgan fingerprint density at radius 3 is 2.50 bits per heavy atom. The van der Waals surface area contributed by atoms with Crippen LogP contribution in [0.25, 0.3) is 0 Å². The van der Waals surface area contributed by atoms with Gasteiger partial charge in [-0.05, 0) is 38.5 Å². The summed E-state index contributed by atoms with van der Waals surface area (Å²) in [5.41, 5.74) is 6.43. The summed E-state index contributed by atoms with van der Waals surface area (Å²) in [6, 6.07) is 5.89. The molecule has 2 rings (SSSR count). The van der Waals surface area contributed by atoms with Crippen molar-refractivity contribution < 1.29 is 13.9 Å². The minimum absolute atomic E-state index is 0.131. The molecule has 1 fully saturated rings. The van der Waals surface area contributed by atoms with Crippen molar-refractivity contribution in [1.29, 1.82) is 0 Å². The highest BCUT2D eigenvalue weighted by Gasteiger charge is 2.36. The van der Waals surface area contributed by atoms with Crippen LogP contribution in [-0.4, -0.2) is 18.2 Å². The molecule has 110 valence electrons. The van der Waals surface area contributed by atoms with Gasteiger partial charge in [0.1, 0.15) is 5.82 Å². The lowest BCUT2D eigenvalue weighted by atomic mass is 9.97. The number of nitrogens with one attached hydrogen (secondary N) is 1. The Balaban J connectivity index is 2.02. The molecule has 0 bridgehead atoms. The average Bonchev–Trinajstić information content (AvgIpc) is 2.70. The van der Waals surface area contributed by atoms with Crippen molar-refractivity contribution >= 4 is 5.97 Å². The summed E-state index contributed by atoms with van der Waals surface area (Å²) in [6.45, 7) is 5.42. The number of hydrogen-bond donors (Lipinski definition) is 2. The molecule has 0 amide bonds. The van der Waals surface area contributed by atoms with E-state index in [1.54, 1.807) is 12.1 Å². The molecule has 1 aromatic carbocycles. The maximum absolute atomic E-state index is 12.9. The maximum Gasteiger partial charge on any atom is 0.312 e. The smallest absolute Gasteiger partial charge is 0.312 e. The topological polar surface area (TPSA) is 64.3 Å². The third kappa shape index (κ3) is 3.35. The molecule has 3 N–H and O–H groups in total. The molecule has 1 saturated heterocycles. The van der Waals surface area contributed by atoms with E-state index < -0.39 is 11.6 Å². The minimum Gasteiger partial charge on any atom is -0.446 e. The Hall–Kier alpha value is -1.46. The van der Waals surface area contributed by atoms with Gasteiger partial charge in [0.25, 0.3) is 0 Å². The summed E-state index contributed by atoms with van der Waals surface area (Å²) in [6.07, 6.45) is 0.149. The molecular weight excluding hydrogens is 259 g/mol. The molecule has 0 aromatic heterocycles. The monoisotopic (exact) mass is 280 g/mol. The van der Waals surface area contributed by atoms with E-state index >= 15 is 0 Å². The molecular formula is C15H21FN2O2. The van der Waals surface area contributed by atoms with Crippen LogP contribution in [0.3, 0.4) is 0 Å². The fraction of sp³-hybridized carbons (Fsp3) is 0.533. The molecule has 0 radical (unpaired) electrons. The summed E-state index contributed by atoms with van der Waals surface area (Å²) in [5, 5.41) is 3.19. The van der Waals surface area contributed by atoms with Crippen LogP contribution < -0.4 is 11.1 Å². The Morgan fingerprint density at radius 1 is 1.35 bits per heavy atom. The number of ether oxygens (including phenoxy) is 1. The Bertz CT molecular complexity index is 482. The third-order valence-electron chi connectivity index (χ3n) is 3.37. The first kappa shape index (κ1) is 14.9. The van der Waals surface area contributed by atoms with Crippen LogP contribution in [0.2, 0.25) is 0 Å². The summed E-state index contributed by atoms with van der Waals surface area (Å²) in [7, 11) is 0. The largest absolute Gasteiger partial charge is 0.446 e. The van der Waals surface area contributed by atoms with Crippen LogP contribution in [0.15, 0.2) is 24.3 Å². The van der Waals surface area contributed by atoms with E-state index in [2.05, 4.69) is 5.32 Å². The van der Waals surface area contributed by atoms with Gasteiger partial charge in [-0.3, -0.25) is 10.1 Å². The molecule has 20 heavy (non-hydrogen) atoms. The van der Waals surface area contributed by atoms with Gasteiger partial charge in [-0.2, -0.15) is 0 Å². The predicted molar refractivity (Wildman–Crippen MR) is 74.2 cm³/mol. The zero-order valence-corrected chi connectivity index (χ0v) is 12.0. The molecule has 0 aliphatic carbocycles. The third-order valence-corrected chi connectivity index (χ3v) is 3.37. The number of benzene rings is 1. The van der Waals surface area contributed by atoms with Gasteiger partial charge in [0.05, 0.1) is 11.5 Å². The van der Waals surface area contributed by atoms with Crippen LogP contribution in [0, 0.1) is 11.2 Å². The van der Waals surface area contributed by atoms with Crippen molar-refractivity contribution in [2.75, 3.05) is 0 Å². The maximum atomic E-state index is 12.9. The van der Waals surface area contributed by atoms with Gasteiger partial charge >= 0.3 is 5.97 Å². The highest BCUT2D eigenvalue weighted by atomic mass is 19.1. The second kappa shape index (κ2) is 5.50. The fourth-order valence-corrected chi connectivity index (χ4v) is 2.18. The SMILES string of the molecule is CC(C)(C)C(=O)OC1CC(N)C(c2ccc(F)cc2)N1. The zero-order chi connectivity index (χ0) is 14.9. The van der Waals surface area contributed by atoms with E-state index in [9.17, 15) is 9.18 Å². The lowest BCUT2D eigenvalue weighted by molar-refractivity contribution is -0.159. The van der Waals surface area contributed by atoms with Gasteiger partial charge in [0.15, 0.2) is 6.23 Å². The molecule has 3 atom stereocenters. The fourth-order valence-electron chi connectivity index (χ4n) is 2.18. The summed E-state index contributed by atoms with van der Waals surface area (Å²) >= 11 is 0. The lowest BCUT2D eigenvalue weighted by Crippen LogP contribution is -2.34. The first-order valence-electron chi connectivity index (χ1n) is 6.75. The van der Waals surface area contributed by atoms with E-state index in [0.717, 1.165) is 5.56 Å². The van der Waals surface area contributed by atoms with Crippen molar-refractivity contribution in [3.63, 3.8) is 0 Å². The Morgan fingerprint density at radius 2 is 1.95 bits per heavy atom. The van der Waals surface area contributed by atoms with E-state index in [1.165, 1.54) is 12.1 Å². The average molecular weight is 280 g/mol. The summed E-state index contributed by atoms with van der Waals surface area (Å²) in [4.78, 5) is 11.9. The van der Waals surface area contributed by atoms with Crippen molar-refractivity contribution in [2.24, 2.45) is 11.1 Å². The first-order chi connectivity index (χ1) is 9.27. The molecule has 1 heterocycles. The number of carbonyl (C=O) groups excluding carboxylic acids is 1. The van der Waals surface area contributed by atoms with Crippen molar-refractivity contribution in [1.82, 2.24) is 5.32 Å². The first-order valence-corrected chi connectivity index (χ1v) is 6.75. The summed E-state index contributed by atoms with van der Waals surface area (Å²) < 4.78 is 18.3. The van der Waals surface area contributed by atoms with Crippen LogP contribution in [0.4, 0.5) is 4.39 Å². The van der Waals surface area contributed by atoms with Crippen LogP contribution in [-0.2, 0) is 9.53 Å². The van der Waals surface area contributed by atoms with Gasteiger partial charge in [0.2, 0.25) is 0 Å². The second-order valence-electron chi connectivity index (χ2n) is 6.24. The highest BCUT2D eigenvalue weighted by molar-refractivity contribution is 5.75. The zero-order valence-electron chi connectivity index (χ0n) is 12.0. The number of esters is 1. The highest BCUT2D eigenvalue weighted by Crippen LogP contribution is 2.28. The molecule has 5 heteroatoms. The number of carbonyl (C=O) groups is 1. The van der Waals surface area contributed by atoms with Crippen molar-refractivity contribution in [2.45, 2.75) is 45.5 Å². The standard InChI is InChI=1S/C15H21FN2O2/c1-15(2,3)14(19)20-12-8-11(17)13(18-12)9-4-6-10(16)7-5-9/h4-7,11-13,18H,8,17H2,1-3H3. The second-order valence-corrected chi connectivity index (χ2v) is 6.24. The molecule has 1 aliphatic heterocycles. The van der Waals surface area contributed by atoms with Gasteiger partial charge in [-0.25, -0.2) is 4.39 Å². The van der Waals surface area contributed by atoms with Crippen molar-refractivity contribution in [3.05, 3.63) is 35.6 Å². The van der Waals surface area contributed by atoms with E-state index in [-0.39, 0.29) is 23.9 Å². The van der Waals surface area contributed by atoms with E-state index in [4.69, 9.17) is 10.5 Å². The van der Waals surface area contributed by atoms with Crippen LogP contribution in [0.5, 0.6) is 0 Å². The molecule has 3 unspecified atom stereocenters. The normalized spacial score (nSPS) is 26.6. The number of halogens is 1. The summed E-state index contributed by atoms with van der Waals surface area (Å²) in [5.74, 6) is -0.544. The van der Waals surface area contributed by atoms with Crippen LogP contribution >= 0.6 is 0 Å². The predicted octanol–water partition coefficient (Wildman–Crippen LogP) is 2.10. The van der Waals surface area contributed by atoms with E-state index in [1.807, 2.05) is 20.8 Å². The Labute approximate surface area is 118 Å². The van der Waals surface area contributed by atoms with Crippen LogP contribution in [0.1, 0.15) is 38.8 Å².